The zero-order chi connectivity index (χ0) is 20.6. The van der Waals surface area contributed by atoms with Gasteiger partial charge >= 0.3 is 11.9 Å². The molecule has 0 unspecified atom stereocenters. The van der Waals surface area contributed by atoms with E-state index in [0.29, 0.717) is 22.7 Å². The predicted octanol–water partition coefficient (Wildman–Crippen LogP) is 4.36. The van der Waals surface area contributed by atoms with Gasteiger partial charge in [0.05, 0.1) is 12.9 Å². The SMILES string of the molecule is CCOC(=O)c1c(-c2ccco2)csc1NC(=O)COC(=O)CCc1ccsc1. The summed E-state index contributed by atoms with van der Waals surface area (Å²) < 4.78 is 15.5. The Morgan fingerprint density at radius 1 is 1.17 bits per heavy atom. The summed E-state index contributed by atoms with van der Waals surface area (Å²) in [5, 5.41) is 8.54. The van der Waals surface area contributed by atoms with Crippen LogP contribution in [0.25, 0.3) is 11.3 Å². The van der Waals surface area contributed by atoms with Crippen LogP contribution in [0, 0.1) is 0 Å². The number of rotatable bonds is 9. The van der Waals surface area contributed by atoms with Gasteiger partial charge in [0.15, 0.2) is 6.61 Å². The van der Waals surface area contributed by atoms with E-state index in [4.69, 9.17) is 13.9 Å². The fourth-order valence-corrected chi connectivity index (χ4v) is 4.19. The minimum absolute atomic E-state index is 0.194. The zero-order valence-corrected chi connectivity index (χ0v) is 17.3. The van der Waals surface area contributed by atoms with Crippen LogP contribution in [-0.2, 0) is 25.5 Å². The van der Waals surface area contributed by atoms with Gasteiger partial charge in [-0.15, -0.1) is 11.3 Å². The molecule has 0 spiro atoms. The Morgan fingerprint density at radius 2 is 2.03 bits per heavy atom. The Balaban J connectivity index is 1.60. The van der Waals surface area contributed by atoms with Crippen molar-refractivity contribution < 1.29 is 28.3 Å². The maximum atomic E-state index is 12.4. The van der Waals surface area contributed by atoms with E-state index in [0.717, 1.165) is 5.56 Å². The maximum absolute atomic E-state index is 12.4. The number of hydrogen-bond acceptors (Lipinski definition) is 8. The number of carbonyl (C=O) groups excluding carboxylic acids is 3. The van der Waals surface area contributed by atoms with E-state index in [2.05, 4.69) is 5.32 Å². The van der Waals surface area contributed by atoms with Crippen molar-refractivity contribution in [2.75, 3.05) is 18.5 Å². The molecule has 0 saturated carbocycles. The van der Waals surface area contributed by atoms with Crippen LogP contribution in [0.3, 0.4) is 0 Å². The maximum Gasteiger partial charge on any atom is 0.341 e. The van der Waals surface area contributed by atoms with Crippen molar-refractivity contribution >= 4 is 45.5 Å². The average molecular weight is 434 g/mol. The van der Waals surface area contributed by atoms with E-state index < -0.39 is 24.5 Å². The van der Waals surface area contributed by atoms with Gasteiger partial charge in [-0.2, -0.15) is 11.3 Å². The molecular weight excluding hydrogens is 414 g/mol. The Kier molecular flexibility index (Phi) is 7.20. The van der Waals surface area contributed by atoms with Gasteiger partial charge in [-0.1, -0.05) is 0 Å². The number of ether oxygens (including phenoxy) is 2. The largest absolute Gasteiger partial charge is 0.464 e. The summed E-state index contributed by atoms with van der Waals surface area (Å²) in [6, 6.07) is 5.36. The molecule has 0 bridgehead atoms. The van der Waals surface area contributed by atoms with E-state index >= 15 is 0 Å². The van der Waals surface area contributed by atoms with Crippen molar-refractivity contribution in [2.45, 2.75) is 19.8 Å². The molecular formula is C20H19NO6S2. The molecule has 7 nitrogen and oxygen atoms in total. The van der Waals surface area contributed by atoms with Crippen LogP contribution in [0.5, 0.6) is 0 Å². The quantitative estimate of drug-likeness (QED) is 0.504. The Labute approximate surface area is 175 Å². The van der Waals surface area contributed by atoms with Gasteiger partial charge in [0.25, 0.3) is 5.91 Å². The lowest BCUT2D eigenvalue weighted by Gasteiger charge is -2.08. The van der Waals surface area contributed by atoms with Crippen molar-refractivity contribution in [1.82, 2.24) is 0 Å². The molecule has 0 aliphatic rings. The molecule has 1 amide bonds. The van der Waals surface area contributed by atoms with Gasteiger partial charge in [-0.3, -0.25) is 9.59 Å². The number of aryl methyl sites for hydroxylation is 1. The van der Waals surface area contributed by atoms with E-state index in [9.17, 15) is 14.4 Å². The van der Waals surface area contributed by atoms with E-state index in [1.54, 1.807) is 35.8 Å². The summed E-state index contributed by atoms with van der Waals surface area (Å²) in [7, 11) is 0. The van der Waals surface area contributed by atoms with E-state index in [1.807, 2.05) is 16.8 Å². The highest BCUT2D eigenvalue weighted by molar-refractivity contribution is 7.15. The normalized spacial score (nSPS) is 10.5. The summed E-state index contributed by atoms with van der Waals surface area (Å²) in [6.07, 6.45) is 2.25. The van der Waals surface area contributed by atoms with Crippen molar-refractivity contribution in [3.05, 3.63) is 51.7 Å². The summed E-state index contributed by atoms with van der Waals surface area (Å²) >= 11 is 2.73. The molecule has 0 aromatic carbocycles. The van der Waals surface area contributed by atoms with Gasteiger partial charge in [-0.25, -0.2) is 4.79 Å². The number of furan rings is 1. The number of anilines is 1. The number of nitrogens with one attached hydrogen (secondary N) is 1. The van der Waals surface area contributed by atoms with Gasteiger partial charge < -0.3 is 19.2 Å². The van der Waals surface area contributed by atoms with Crippen molar-refractivity contribution in [3.8, 4) is 11.3 Å². The predicted molar refractivity (Wildman–Crippen MR) is 110 cm³/mol. The summed E-state index contributed by atoms with van der Waals surface area (Å²) in [6.45, 7) is 1.46. The lowest BCUT2D eigenvalue weighted by Crippen LogP contribution is -2.21. The molecule has 3 aromatic heterocycles. The molecule has 0 fully saturated rings. The molecule has 3 aromatic rings. The second-order valence-corrected chi connectivity index (χ2v) is 7.55. The van der Waals surface area contributed by atoms with Crippen molar-refractivity contribution in [2.24, 2.45) is 0 Å². The number of hydrogen-bond donors (Lipinski definition) is 1. The molecule has 9 heteroatoms. The lowest BCUT2D eigenvalue weighted by molar-refractivity contribution is -0.147. The second kappa shape index (κ2) is 10.0. The third-order valence-corrected chi connectivity index (χ3v) is 5.50. The highest BCUT2D eigenvalue weighted by atomic mass is 32.1. The third-order valence-electron chi connectivity index (χ3n) is 3.87. The van der Waals surface area contributed by atoms with Crippen LogP contribution in [0.15, 0.2) is 45.0 Å². The van der Waals surface area contributed by atoms with Gasteiger partial charge in [0, 0.05) is 17.4 Å². The molecule has 0 aliphatic carbocycles. The Bertz CT molecular complexity index is 959. The molecule has 29 heavy (non-hydrogen) atoms. The number of amides is 1. The van der Waals surface area contributed by atoms with Crippen LogP contribution in [0.4, 0.5) is 5.00 Å². The topological polar surface area (TPSA) is 94.8 Å². The molecule has 3 rings (SSSR count). The molecule has 1 N–H and O–H groups in total. The van der Waals surface area contributed by atoms with Gasteiger partial charge in [0.2, 0.25) is 0 Å². The number of carbonyl (C=O) groups is 3. The van der Waals surface area contributed by atoms with E-state index in [1.165, 1.54) is 17.6 Å². The first-order valence-corrected chi connectivity index (χ1v) is 10.7. The van der Waals surface area contributed by atoms with Crippen LogP contribution < -0.4 is 5.32 Å². The fourth-order valence-electron chi connectivity index (χ4n) is 2.53. The molecule has 0 aliphatic heterocycles. The second-order valence-electron chi connectivity index (χ2n) is 5.89. The monoisotopic (exact) mass is 433 g/mol. The molecule has 0 atom stereocenters. The summed E-state index contributed by atoms with van der Waals surface area (Å²) in [5.74, 6) is -1.07. The highest BCUT2D eigenvalue weighted by Crippen LogP contribution is 2.36. The first-order chi connectivity index (χ1) is 14.1. The standard InChI is InChI=1S/C20H19NO6S2/c1-2-25-20(24)18-14(15-4-3-8-26-15)12-29-19(18)21-16(22)10-27-17(23)6-5-13-7-9-28-11-13/h3-4,7-9,11-12H,2,5-6,10H2,1H3,(H,21,22). The zero-order valence-electron chi connectivity index (χ0n) is 15.6. The van der Waals surface area contributed by atoms with E-state index in [-0.39, 0.29) is 18.6 Å². The van der Waals surface area contributed by atoms with Crippen LogP contribution >= 0.6 is 22.7 Å². The average Bonchev–Trinajstić information content (AvgIpc) is 3.46. The van der Waals surface area contributed by atoms with Crippen LogP contribution in [0.1, 0.15) is 29.3 Å². The first kappa shape index (κ1) is 20.8. The third kappa shape index (κ3) is 5.55. The van der Waals surface area contributed by atoms with Crippen molar-refractivity contribution in [3.63, 3.8) is 0 Å². The fraction of sp³-hybridized carbons (Fsp3) is 0.250. The molecule has 0 saturated heterocycles. The number of esters is 2. The minimum atomic E-state index is -0.566. The van der Waals surface area contributed by atoms with Crippen LogP contribution in [-0.4, -0.2) is 31.1 Å². The first-order valence-electron chi connectivity index (χ1n) is 8.87. The summed E-state index contributed by atoms with van der Waals surface area (Å²) in [5.41, 5.74) is 1.80. The highest BCUT2D eigenvalue weighted by Gasteiger charge is 2.24. The van der Waals surface area contributed by atoms with Crippen LogP contribution in [0.2, 0.25) is 0 Å². The van der Waals surface area contributed by atoms with Gasteiger partial charge in [-0.05, 0) is 47.9 Å². The van der Waals surface area contributed by atoms with Crippen molar-refractivity contribution in [1.29, 1.82) is 0 Å². The minimum Gasteiger partial charge on any atom is -0.464 e. The Hall–Kier alpha value is -2.91. The lowest BCUT2D eigenvalue weighted by atomic mass is 10.1. The molecule has 152 valence electrons. The summed E-state index contributed by atoms with van der Waals surface area (Å²) in [4.78, 5) is 36.4. The number of thiophene rings is 2. The smallest absolute Gasteiger partial charge is 0.341 e. The molecule has 0 radical (unpaired) electrons. The Morgan fingerprint density at radius 3 is 2.72 bits per heavy atom. The molecule has 3 heterocycles. The van der Waals surface area contributed by atoms with Gasteiger partial charge in [0.1, 0.15) is 16.3 Å².